The topological polar surface area (TPSA) is 98.7 Å². The molecule has 0 aliphatic rings. The van der Waals surface area contributed by atoms with Crippen LogP contribution < -0.4 is 15.8 Å². The zero-order chi connectivity index (χ0) is 21.1. The van der Waals surface area contributed by atoms with Crippen molar-refractivity contribution < 1.29 is 14.3 Å². The van der Waals surface area contributed by atoms with E-state index in [1.54, 1.807) is 24.3 Å². The molecule has 0 spiro atoms. The lowest BCUT2D eigenvalue weighted by atomic mass is 10.1. The molecule has 3 N–H and O–H groups in total. The third-order valence-corrected chi connectivity index (χ3v) is 5.44. The van der Waals surface area contributed by atoms with Crippen LogP contribution >= 0.6 is 11.3 Å². The molecule has 0 bridgehead atoms. The molecule has 4 rings (SSSR count). The summed E-state index contributed by atoms with van der Waals surface area (Å²) in [4.78, 5) is 29.6. The molecule has 0 aliphatic heterocycles. The Labute approximate surface area is 177 Å². The molecular formula is C22H20N4O3S. The Morgan fingerprint density at radius 2 is 1.93 bits per heavy atom. The molecule has 0 saturated heterocycles. The van der Waals surface area contributed by atoms with Crippen LogP contribution in [0.15, 0.2) is 60.1 Å². The van der Waals surface area contributed by atoms with E-state index in [1.165, 1.54) is 11.3 Å². The fraction of sp³-hybridized carbons (Fsp3) is 0.136. The summed E-state index contributed by atoms with van der Waals surface area (Å²) in [6.45, 7) is 2.57. The van der Waals surface area contributed by atoms with Gasteiger partial charge in [-0.05, 0) is 43.3 Å². The first kappa shape index (κ1) is 19.7. The molecule has 2 heterocycles. The Bertz CT molecular complexity index is 1210. The van der Waals surface area contributed by atoms with Crippen molar-refractivity contribution in [3.63, 3.8) is 0 Å². The number of anilines is 1. The molecule has 152 valence electrons. The molecule has 4 aromatic rings. The average molecular weight is 420 g/mol. The number of ether oxygens (including phenoxy) is 1. The van der Waals surface area contributed by atoms with E-state index in [4.69, 9.17) is 10.5 Å². The van der Waals surface area contributed by atoms with Crippen molar-refractivity contribution in [3.8, 4) is 17.0 Å². The predicted octanol–water partition coefficient (Wildman–Crippen LogP) is 3.74. The molecular weight excluding hydrogens is 400 g/mol. The Balaban J connectivity index is 1.53. The van der Waals surface area contributed by atoms with E-state index < -0.39 is 5.91 Å². The fourth-order valence-electron chi connectivity index (χ4n) is 3.15. The molecule has 7 nitrogen and oxygen atoms in total. The maximum atomic E-state index is 12.6. The first-order valence-corrected chi connectivity index (χ1v) is 10.3. The minimum absolute atomic E-state index is 0.145. The second-order valence-corrected chi connectivity index (χ2v) is 7.43. The third kappa shape index (κ3) is 4.04. The second-order valence-electron chi connectivity index (χ2n) is 6.60. The monoisotopic (exact) mass is 420 g/mol. The molecule has 0 aliphatic carbocycles. The number of imidazole rings is 1. The van der Waals surface area contributed by atoms with E-state index in [9.17, 15) is 9.59 Å². The van der Waals surface area contributed by atoms with Gasteiger partial charge in [0.2, 0.25) is 5.91 Å². The van der Waals surface area contributed by atoms with Crippen molar-refractivity contribution in [2.75, 3.05) is 11.9 Å². The number of para-hydroxylation sites is 1. The lowest BCUT2D eigenvalue weighted by molar-refractivity contribution is -0.115. The van der Waals surface area contributed by atoms with Crippen molar-refractivity contribution in [2.24, 2.45) is 5.73 Å². The Kier molecular flexibility index (Phi) is 5.49. The lowest BCUT2D eigenvalue weighted by Gasteiger charge is -2.08. The molecule has 30 heavy (non-hydrogen) atoms. The van der Waals surface area contributed by atoms with Crippen LogP contribution in [0.2, 0.25) is 0 Å². The summed E-state index contributed by atoms with van der Waals surface area (Å²) < 4.78 is 7.39. The normalized spacial score (nSPS) is 10.8. The number of hydrogen-bond donors (Lipinski definition) is 2. The van der Waals surface area contributed by atoms with E-state index in [-0.39, 0.29) is 17.9 Å². The third-order valence-electron chi connectivity index (χ3n) is 4.55. The average Bonchev–Trinajstić information content (AvgIpc) is 3.31. The van der Waals surface area contributed by atoms with Crippen LogP contribution in [0.3, 0.4) is 0 Å². The quantitative estimate of drug-likeness (QED) is 0.476. The molecule has 2 amide bonds. The standard InChI is InChI=1S/C22H20N4O3S/c1-2-29-16-9-7-14(8-10-16)19-12-26-15(13-30-22(26)25-19)11-20(27)24-18-6-4-3-5-17(18)21(23)28/h3-10,12-13H,2,11H2,1H3,(H2,23,28)(H,24,27). The van der Waals surface area contributed by atoms with Crippen LogP contribution in [0.5, 0.6) is 5.75 Å². The summed E-state index contributed by atoms with van der Waals surface area (Å²) in [5.41, 5.74) is 8.67. The highest BCUT2D eigenvalue weighted by molar-refractivity contribution is 7.15. The highest BCUT2D eigenvalue weighted by Gasteiger charge is 2.15. The maximum Gasteiger partial charge on any atom is 0.250 e. The summed E-state index contributed by atoms with van der Waals surface area (Å²) in [6.07, 6.45) is 2.06. The van der Waals surface area contributed by atoms with Crippen LogP contribution in [-0.2, 0) is 11.2 Å². The van der Waals surface area contributed by atoms with Gasteiger partial charge in [0.05, 0.1) is 30.0 Å². The van der Waals surface area contributed by atoms with Crippen LogP contribution in [-0.4, -0.2) is 27.8 Å². The lowest BCUT2D eigenvalue weighted by Crippen LogP contribution is -2.19. The number of primary amides is 1. The zero-order valence-electron chi connectivity index (χ0n) is 16.3. The molecule has 0 unspecified atom stereocenters. The van der Waals surface area contributed by atoms with Crippen molar-refractivity contribution in [1.29, 1.82) is 0 Å². The number of amides is 2. The number of rotatable bonds is 7. The van der Waals surface area contributed by atoms with Gasteiger partial charge in [0.1, 0.15) is 5.75 Å². The van der Waals surface area contributed by atoms with Gasteiger partial charge in [0.25, 0.3) is 5.91 Å². The fourth-order valence-corrected chi connectivity index (χ4v) is 4.02. The molecule has 0 saturated carbocycles. The molecule has 0 atom stereocenters. The second kappa shape index (κ2) is 8.38. The van der Waals surface area contributed by atoms with Crippen molar-refractivity contribution in [1.82, 2.24) is 9.38 Å². The Morgan fingerprint density at radius 3 is 2.67 bits per heavy atom. The molecule has 2 aromatic carbocycles. The van der Waals surface area contributed by atoms with E-state index >= 15 is 0 Å². The highest BCUT2D eigenvalue weighted by atomic mass is 32.1. The zero-order valence-corrected chi connectivity index (χ0v) is 17.1. The Morgan fingerprint density at radius 1 is 1.17 bits per heavy atom. The van der Waals surface area contributed by atoms with Crippen molar-refractivity contribution in [2.45, 2.75) is 13.3 Å². The smallest absolute Gasteiger partial charge is 0.250 e. The van der Waals surface area contributed by atoms with Gasteiger partial charge in [-0.1, -0.05) is 12.1 Å². The number of fused-ring (bicyclic) bond motifs is 1. The first-order valence-electron chi connectivity index (χ1n) is 9.42. The van der Waals surface area contributed by atoms with Crippen LogP contribution in [0, 0.1) is 0 Å². The number of nitrogens with two attached hydrogens (primary N) is 1. The van der Waals surface area contributed by atoms with E-state index in [2.05, 4.69) is 10.3 Å². The summed E-state index contributed by atoms with van der Waals surface area (Å²) in [6, 6.07) is 14.4. The number of thiazole rings is 1. The molecule has 8 heteroatoms. The predicted molar refractivity (Wildman–Crippen MR) is 117 cm³/mol. The largest absolute Gasteiger partial charge is 0.494 e. The van der Waals surface area contributed by atoms with Crippen LogP contribution in [0.25, 0.3) is 16.2 Å². The van der Waals surface area contributed by atoms with Crippen molar-refractivity contribution in [3.05, 3.63) is 71.4 Å². The van der Waals surface area contributed by atoms with Gasteiger partial charge in [-0.2, -0.15) is 0 Å². The minimum atomic E-state index is -0.585. The SMILES string of the molecule is CCOc1ccc(-c2cn3c(CC(=O)Nc4ccccc4C(N)=O)csc3n2)cc1. The summed E-state index contributed by atoms with van der Waals surface area (Å²) >= 11 is 1.47. The number of hydrogen-bond acceptors (Lipinski definition) is 5. The number of nitrogens with zero attached hydrogens (tertiary/aromatic N) is 2. The number of carbonyl (C=O) groups excluding carboxylic acids is 2. The first-order chi connectivity index (χ1) is 14.5. The number of benzene rings is 2. The Hall–Kier alpha value is -3.65. The van der Waals surface area contributed by atoms with Gasteiger partial charge in [-0.25, -0.2) is 4.98 Å². The summed E-state index contributed by atoms with van der Waals surface area (Å²) in [7, 11) is 0. The van der Waals surface area contributed by atoms with Gasteiger partial charge in [-0.3, -0.25) is 14.0 Å². The van der Waals surface area contributed by atoms with E-state index in [1.807, 2.05) is 47.2 Å². The van der Waals surface area contributed by atoms with Gasteiger partial charge >= 0.3 is 0 Å². The summed E-state index contributed by atoms with van der Waals surface area (Å²) in [5.74, 6) is -0.00554. The van der Waals surface area contributed by atoms with E-state index in [0.717, 1.165) is 27.7 Å². The minimum Gasteiger partial charge on any atom is -0.494 e. The van der Waals surface area contributed by atoms with Gasteiger partial charge in [0, 0.05) is 22.8 Å². The number of aromatic nitrogens is 2. The van der Waals surface area contributed by atoms with Gasteiger partial charge < -0.3 is 15.8 Å². The van der Waals surface area contributed by atoms with Crippen LogP contribution in [0.4, 0.5) is 5.69 Å². The van der Waals surface area contributed by atoms with E-state index in [0.29, 0.717) is 12.3 Å². The van der Waals surface area contributed by atoms with Gasteiger partial charge in [0.15, 0.2) is 4.96 Å². The van der Waals surface area contributed by atoms with Crippen molar-refractivity contribution >= 4 is 33.8 Å². The highest BCUT2D eigenvalue weighted by Crippen LogP contribution is 2.26. The van der Waals surface area contributed by atoms with Crippen LogP contribution in [0.1, 0.15) is 23.0 Å². The maximum absolute atomic E-state index is 12.6. The number of nitrogens with one attached hydrogen (secondary N) is 1. The van der Waals surface area contributed by atoms with Gasteiger partial charge in [-0.15, -0.1) is 11.3 Å². The summed E-state index contributed by atoms with van der Waals surface area (Å²) in [5, 5.41) is 4.68. The molecule has 0 fully saturated rings. The number of carbonyl (C=O) groups is 2. The molecule has 0 radical (unpaired) electrons. The molecule has 2 aromatic heterocycles.